The number of halogens is 3. The highest BCUT2D eigenvalue weighted by Gasteiger charge is 2.63. The molecule has 0 aromatic heterocycles. The third kappa shape index (κ3) is 1.60. The first-order chi connectivity index (χ1) is 7.27. The summed E-state index contributed by atoms with van der Waals surface area (Å²) >= 11 is 0. The molecule has 0 spiro atoms. The third-order valence-electron chi connectivity index (χ3n) is 3.80. The number of carbonyl (C=O) groups excluding carboxylic acids is 1. The first-order valence-electron chi connectivity index (χ1n) is 5.58. The van der Waals surface area contributed by atoms with Crippen LogP contribution in [0.2, 0.25) is 0 Å². The van der Waals surface area contributed by atoms with Gasteiger partial charge in [-0.3, -0.25) is 4.79 Å². The Labute approximate surface area is 92.8 Å². The van der Waals surface area contributed by atoms with Crippen LogP contribution < -0.4 is 0 Å². The van der Waals surface area contributed by atoms with Gasteiger partial charge in [-0.15, -0.1) is 0 Å². The molecule has 1 heterocycles. The molecule has 2 aliphatic rings. The molecule has 2 rings (SSSR count). The SMILES string of the molecule is CC(C)C1(C(=O)N2CC(F)C2)CC(F)(F)C1. The average Bonchev–Trinajstić information content (AvgIpc) is 2.06. The molecule has 0 atom stereocenters. The van der Waals surface area contributed by atoms with Crippen molar-refractivity contribution < 1.29 is 18.0 Å². The third-order valence-corrected chi connectivity index (χ3v) is 3.80. The minimum Gasteiger partial charge on any atom is -0.336 e. The lowest BCUT2D eigenvalue weighted by Gasteiger charge is -2.52. The Morgan fingerprint density at radius 3 is 2.12 bits per heavy atom. The lowest BCUT2D eigenvalue weighted by molar-refractivity contribution is -0.202. The zero-order valence-electron chi connectivity index (χ0n) is 9.47. The molecule has 5 heteroatoms. The van der Waals surface area contributed by atoms with Crippen LogP contribution in [0.5, 0.6) is 0 Å². The first-order valence-corrected chi connectivity index (χ1v) is 5.58. The maximum atomic E-state index is 13.0. The molecule has 1 amide bonds. The number of likely N-dealkylation sites (tertiary alicyclic amines) is 1. The fraction of sp³-hybridized carbons (Fsp3) is 0.909. The second-order valence-electron chi connectivity index (χ2n) is 5.33. The van der Waals surface area contributed by atoms with Crippen LogP contribution in [0.4, 0.5) is 13.2 Å². The van der Waals surface area contributed by atoms with Crippen molar-refractivity contribution in [3.8, 4) is 0 Å². The smallest absolute Gasteiger partial charge is 0.250 e. The number of rotatable bonds is 2. The van der Waals surface area contributed by atoms with Gasteiger partial charge in [0.25, 0.3) is 0 Å². The summed E-state index contributed by atoms with van der Waals surface area (Å²) in [4.78, 5) is 13.4. The van der Waals surface area contributed by atoms with Crippen LogP contribution in [0.25, 0.3) is 0 Å². The highest BCUT2D eigenvalue weighted by Crippen LogP contribution is 2.57. The van der Waals surface area contributed by atoms with Gasteiger partial charge in [0, 0.05) is 12.8 Å². The summed E-state index contributed by atoms with van der Waals surface area (Å²) in [7, 11) is 0. The number of carbonyl (C=O) groups is 1. The predicted octanol–water partition coefficient (Wildman–Crippen LogP) is 2.24. The van der Waals surface area contributed by atoms with Crippen LogP contribution in [-0.4, -0.2) is 36.0 Å². The molecule has 2 nitrogen and oxygen atoms in total. The molecule has 16 heavy (non-hydrogen) atoms. The Hall–Kier alpha value is -0.740. The minimum absolute atomic E-state index is 0.0683. The van der Waals surface area contributed by atoms with E-state index >= 15 is 0 Å². The summed E-state index contributed by atoms with van der Waals surface area (Å²) < 4.78 is 38.6. The van der Waals surface area contributed by atoms with Gasteiger partial charge in [-0.05, 0) is 5.92 Å². The second kappa shape index (κ2) is 3.37. The standard InChI is InChI=1S/C11H16F3NO/c1-7(2)10(5-11(13,14)6-10)9(16)15-3-8(12)4-15/h7-8H,3-6H2,1-2H3. The van der Waals surface area contributed by atoms with Crippen LogP contribution in [0.3, 0.4) is 0 Å². The van der Waals surface area contributed by atoms with E-state index in [0.29, 0.717) is 0 Å². The molecule has 1 aliphatic carbocycles. The van der Waals surface area contributed by atoms with Crippen molar-refractivity contribution in [3.05, 3.63) is 0 Å². The molecule has 1 aliphatic heterocycles. The zero-order chi connectivity index (χ0) is 12.1. The molecule has 0 unspecified atom stereocenters. The number of nitrogens with zero attached hydrogens (tertiary/aromatic N) is 1. The summed E-state index contributed by atoms with van der Waals surface area (Å²) in [5, 5.41) is 0. The van der Waals surface area contributed by atoms with Gasteiger partial charge in [-0.1, -0.05) is 13.8 Å². The van der Waals surface area contributed by atoms with Gasteiger partial charge in [0.2, 0.25) is 11.8 Å². The van der Waals surface area contributed by atoms with Gasteiger partial charge < -0.3 is 4.90 Å². The maximum Gasteiger partial charge on any atom is 0.250 e. The van der Waals surface area contributed by atoms with Gasteiger partial charge in [0.05, 0.1) is 18.5 Å². The molecular weight excluding hydrogens is 219 g/mol. The lowest BCUT2D eigenvalue weighted by Crippen LogP contribution is -2.63. The molecule has 0 aromatic carbocycles. The van der Waals surface area contributed by atoms with Gasteiger partial charge >= 0.3 is 0 Å². The normalized spacial score (nSPS) is 27.5. The van der Waals surface area contributed by atoms with Crippen molar-refractivity contribution in [1.82, 2.24) is 4.90 Å². The molecule has 1 saturated carbocycles. The second-order valence-corrected chi connectivity index (χ2v) is 5.33. The Kier molecular flexibility index (Phi) is 2.48. The Morgan fingerprint density at radius 1 is 1.31 bits per heavy atom. The largest absolute Gasteiger partial charge is 0.336 e. The lowest BCUT2D eigenvalue weighted by atomic mass is 9.58. The van der Waals surface area contributed by atoms with Gasteiger partial charge in [0.15, 0.2) is 0 Å². The number of hydrogen-bond acceptors (Lipinski definition) is 1. The maximum absolute atomic E-state index is 13.0. The van der Waals surface area contributed by atoms with Gasteiger partial charge in [-0.2, -0.15) is 0 Å². The molecule has 2 fully saturated rings. The number of hydrogen-bond donors (Lipinski definition) is 0. The number of alkyl halides is 3. The molecule has 0 aromatic rings. The van der Waals surface area contributed by atoms with E-state index < -0.39 is 17.5 Å². The van der Waals surface area contributed by atoms with Crippen molar-refractivity contribution >= 4 is 5.91 Å². The topological polar surface area (TPSA) is 20.3 Å². The fourth-order valence-corrected chi connectivity index (χ4v) is 2.58. The first kappa shape index (κ1) is 11.7. The summed E-state index contributed by atoms with van der Waals surface area (Å²) in [5.41, 5.74) is -0.955. The van der Waals surface area contributed by atoms with Crippen LogP contribution in [0.15, 0.2) is 0 Å². The highest BCUT2D eigenvalue weighted by atomic mass is 19.3. The van der Waals surface area contributed by atoms with E-state index in [1.807, 2.05) is 0 Å². The van der Waals surface area contributed by atoms with E-state index in [4.69, 9.17) is 0 Å². The molecule has 0 radical (unpaired) electrons. The van der Waals surface area contributed by atoms with E-state index in [2.05, 4.69) is 0 Å². The van der Waals surface area contributed by atoms with Crippen molar-refractivity contribution in [1.29, 1.82) is 0 Å². The molecule has 0 N–H and O–H groups in total. The van der Waals surface area contributed by atoms with Crippen molar-refractivity contribution in [3.63, 3.8) is 0 Å². The predicted molar refractivity (Wildman–Crippen MR) is 52.9 cm³/mol. The van der Waals surface area contributed by atoms with Crippen LogP contribution in [0.1, 0.15) is 26.7 Å². The van der Waals surface area contributed by atoms with Gasteiger partial charge in [-0.25, -0.2) is 13.2 Å². The quantitative estimate of drug-likeness (QED) is 0.718. The van der Waals surface area contributed by atoms with Crippen LogP contribution >= 0.6 is 0 Å². The van der Waals surface area contributed by atoms with Crippen LogP contribution in [-0.2, 0) is 4.79 Å². The van der Waals surface area contributed by atoms with E-state index in [1.165, 1.54) is 4.90 Å². The summed E-state index contributed by atoms with van der Waals surface area (Å²) in [6, 6.07) is 0. The van der Waals surface area contributed by atoms with E-state index in [1.54, 1.807) is 13.8 Å². The Bertz CT molecular complexity index is 302. The Morgan fingerprint density at radius 2 is 1.81 bits per heavy atom. The molecular formula is C11H16F3NO. The fourth-order valence-electron chi connectivity index (χ4n) is 2.58. The van der Waals surface area contributed by atoms with E-state index in [0.717, 1.165) is 0 Å². The highest BCUT2D eigenvalue weighted by molar-refractivity contribution is 5.85. The Balaban J connectivity index is 2.07. The molecule has 0 bridgehead atoms. The summed E-state index contributed by atoms with van der Waals surface area (Å²) in [5.74, 6) is -3.14. The molecule has 1 saturated heterocycles. The molecule has 92 valence electrons. The van der Waals surface area contributed by atoms with Crippen molar-refractivity contribution in [2.45, 2.75) is 38.8 Å². The summed E-state index contributed by atoms with van der Waals surface area (Å²) in [6.07, 6.45) is -1.75. The average molecular weight is 235 g/mol. The van der Waals surface area contributed by atoms with E-state index in [-0.39, 0.29) is 37.8 Å². The van der Waals surface area contributed by atoms with Crippen molar-refractivity contribution in [2.75, 3.05) is 13.1 Å². The monoisotopic (exact) mass is 235 g/mol. The van der Waals surface area contributed by atoms with Gasteiger partial charge in [0.1, 0.15) is 6.17 Å². The number of amides is 1. The van der Waals surface area contributed by atoms with Crippen LogP contribution in [0, 0.1) is 11.3 Å². The summed E-state index contributed by atoms with van der Waals surface area (Å²) in [6.45, 7) is 3.69. The minimum atomic E-state index is -2.72. The zero-order valence-corrected chi connectivity index (χ0v) is 9.47. The van der Waals surface area contributed by atoms with E-state index in [9.17, 15) is 18.0 Å². The van der Waals surface area contributed by atoms with Crippen molar-refractivity contribution in [2.24, 2.45) is 11.3 Å².